The fraction of sp³-hybridized carbons (Fsp3) is 0.182. The highest BCUT2D eigenvalue weighted by molar-refractivity contribution is 7.98. The Kier molecular flexibility index (Phi) is 4.38. The first-order chi connectivity index (χ1) is 8.65. The topological polar surface area (TPSA) is 38.2 Å². The number of benzene rings is 1. The summed E-state index contributed by atoms with van der Waals surface area (Å²) in [5.74, 6) is 0.174. The summed E-state index contributed by atoms with van der Waals surface area (Å²) < 4.78 is 36.3. The number of nitrogens with one attached hydrogen (secondary N) is 1. The molecule has 0 atom stereocenters. The van der Waals surface area contributed by atoms with Crippen LogP contribution in [0.1, 0.15) is 5.76 Å². The van der Waals surface area contributed by atoms with Crippen LogP contribution in [0.15, 0.2) is 28.8 Å². The molecular formula is C11H9F2NO2S2. The van der Waals surface area contributed by atoms with Gasteiger partial charge in [-0.3, -0.25) is 0 Å². The second-order valence-electron chi connectivity index (χ2n) is 3.33. The van der Waals surface area contributed by atoms with Gasteiger partial charge in [-0.1, -0.05) is 0 Å². The lowest BCUT2D eigenvalue weighted by molar-refractivity contribution is 0.364. The summed E-state index contributed by atoms with van der Waals surface area (Å²) >= 11 is 6.12. The van der Waals surface area contributed by atoms with Gasteiger partial charge in [-0.2, -0.15) is 0 Å². The normalized spacial score (nSPS) is 10.6. The molecule has 2 aromatic rings. The standard InChI is InChI=1S/C11H9F2NO2S2/c12-7-1-2-9(13)10(3-7)15-6-18-5-8-4-14-11(17)16-8/h1-4H,5-6H2,(H,14,17). The molecule has 7 heteroatoms. The number of thioether (sulfide) groups is 1. The summed E-state index contributed by atoms with van der Waals surface area (Å²) in [5.41, 5.74) is 0. The maximum atomic E-state index is 13.2. The Hall–Kier alpha value is -1.34. The van der Waals surface area contributed by atoms with Crippen molar-refractivity contribution in [3.63, 3.8) is 0 Å². The average molecular weight is 289 g/mol. The smallest absolute Gasteiger partial charge is 0.266 e. The van der Waals surface area contributed by atoms with Crippen molar-refractivity contribution in [3.8, 4) is 5.75 Å². The van der Waals surface area contributed by atoms with Gasteiger partial charge in [-0.05, 0) is 24.4 Å². The maximum Gasteiger partial charge on any atom is 0.266 e. The van der Waals surface area contributed by atoms with Gasteiger partial charge in [-0.25, -0.2) is 8.78 Å². The van der Waals surface area contributed by atoms with Crippen LogP contribution >= 0.6 is 24.0 Å². The van der Waals surface area contributed by atoms with E-state index in [1.165, 1.54) is 11.8 Å². The van der Waals surface area contributed by atoms with E-state index in [-0.39, 0.29) is 11.7 Å². The van der Waals surface area contributed by atoms with E-state index in [0.29, 0.717) is 16.4 Å². The monoisotopic (exact) mass is 289 g/mol. The Labute approximate surface area is 111 Å². The highest BCUT2D eigenvalue weighted by atomic mass is 32.2. The number of hydrogen-bond donors (Lipinski definition) is 1. The summed E-state index contributed by atoms with van der Waals surface area (Å²) in [7, 11) is 0. The Morgan fingerprint density at radius 2 is 2.22 bits per heavy atom. The van der Waals surface area contributed by atoms with Crippen LogP contribution in [-0.4, -0.2) is 10.9 Å². The molecule has 0 spiro atoms. The van der Waals surface area contributed by atoms with E-state index in [2.05, 4.69) is 4.98 Å². The number of halogens is 2. The highest BCUT2D eigenvalue weighted by Gasteiger charge is 2.05. The quantitative estimate of drug-likeness (QED) is 0.515. The molecule has 2 rings (SSSR count). The highest BCUT2D eigenvalue weighted by Crippen LogP contribution is 2.20. The predicted molar refractivity (Wildman–Crippen MR) is 67.0 cm³/mol. The zero-order chi connectivity index (χ0) is 13.0. The number of ether oxygens (including phenoxy) is 1. The van der Waals surface area contributed by atoms with Crippen LogP contribution in [0, 0.1) is 16.5 Å². The lowest BCUT2D eigenvalue weighted by Crippen LogP contribution is -1.96. The third-order valence-electron chi connectivity index (χ3n) is 2.01. The number of H-pyrrole nitrogens is 1. The predicted octanol–water partition coefficient (Wildman–Crippen LogP) is 3.89. The fourth-order valence-corrected chi connectivity index (χ4v) is 2.03. The number of oxazole rings is 1. The molecule has 1 aromatic carbocycles. The molecule has 0 unspecified atom stereocenters. The number of aromatic nitrogens is 1. The largest absolute Gasteiger partial charge is 0.480 e. The van der Waals surface area contributed by atoms with E-state index in [1.807, 2.05) is 0 Å². The SMILES string of the molecule is Fc1ccc(F)c(OCSCc2c[nH]c(=S)o2)c1. The van der Waals surface area contributed by atoms with Gasteiger partial charge in [-0.15, -0.1) is 11.8 Å². The molecule has 0 amide bonds. The first-order valence-corrected chi connectivity index (χ1v) is 6.54. The van der Waals surface area contributed by atoms with Gasteiger partial charge >= 0.3 is 0 Å². The van der Waals surface area contributed by atoms with Crippen LogP contribution in [-0.2, 0) is 5.75 Å². The Balaban J connectivity index is 1.81. The van der Waals surface area contributed by atoms with Crippen LogP contribution in [0.2, 0.25) is 0 Å². The van der Waals surface area contributed by atoms with Crippen LogP contribution in [0.3, 0.4) is 0 Å². The van der Waals surface area contributed by atoms with Crippen molar-refractivity contribution in [2.45, 2.75) is 5.75 Å². The van der Waals surface area contributed by atoms with Gasteiger partial charge < -0.3 is 14.1 Å². The first-order valence-electron chi connectivity index (χ1n) is 4.98. The zero-order valence-corrected chi connectivity index (χ0v) is 10.7. The van der Waals surface area contributed by atoms with Crippen molar-refractivity contribution in [2.24, 2.45) is 0 Å². The molecule has 0 fully saturated rings. The summed E-state index contributed by atoms with van der Waals surface area (Å²) in [5, 5.41) is 0. The second kappa shape index (κ2) is 6.01. The minimum Gasteiger partial charge on any atom is -0.480 e. The minimum atomic E-state index is -0.587. The molecule has 0 aliphatic carbocycles. The van der Waals surface area contributed by atoms with E-state index < -0.39 is 11.6 Å². The fourth-order valence-electron chi connectivity index (χ4n) is 1.22. The van der Waals surface area contributed by atoms with Crippen LogP contribution < -0.4 is 4.74 Å². The third kappa shape index (κ3) is 3.58. The molecule has 3 nitrogen and oxygen atoms in total. The molecule has 0 radical (unpaired) electrons. The first kappa shape index (κ1) is 13.1. The van der Waals surface area contributed by atoms with E-state index in [0.717, 1.165) is 18.2 Å². The van der Waals surface area contributed by atoms with Crippen LogP contribution in [0.25, 0.3) is 0 Å². The average Bonchev–Trinajstić information content (AvgIpc) is 2.75. The van der Waals surface area contributed by atoms with Gasteiger partial charge in [0.25, 0.3) is 4.84 Å². The number of hydrogen-bond acceptors (Lipinski definition) is 4. The van der Waals surface area contributed by atoms with Crippen molar-refractivity contribution in [2.75, 3.05) is 5.94 Å². The summed E-state index contributed by atoms with van der Waals surface area (Å²) in [4.78, 5) is 3.04. The lowest BCUT2D eigenvalue weighted by atomic mass is 10.3. The van der Waals surface area contributed by atoms with Crippen molar-refractivity contribution < 1.29 is 17.9 Å². The second-order valence-corrected chi connectivity index (χ2v) is 4.63. The van der Waals surface area contributed by atoms with E-state index in [4.69, 9.17) is 21.4 Å². The van der Waals surface area contributed by atoms with Crippen molar-refractivity contribution in [1.29, 1.82) is 0 Å². The molecular weight excluding hydrogens is 280 g/mol. The van der Waals surface area contributed by atoms with Crippen LogP contribution in [0.4, 0.5) is 8.78 Å². The molecule has 1 N–H and O–H groups in total. The van der Waals surface area contributed by atoms with Crippen LogP contribution in [0.5, 0.6) is 5.75 Å². The van der Waals surface area contributed by atoms with E-state index in [9.17, 15) is 8.78 Å². The summed E-state index contributed by atoms with van der Waals surface area (Å²) in [6.45, 7) is 0. The number of rotatable bonds is 5. The van der Waals surface area contributed by atoms with E-state index >= 15 is 0 Å². The molecule has 96 valence electrons. The molecule has 0 saturated carbocycles. The van der Waals surface area contributed by atoms with E-state index in [1.54, 1.807) is 6.20 Å². The molecule has 0 aliphatic heterocycles. The molecule has 18 heavy (non-hydrogen) atoms. The number of aromatic amines is 1. The third-order valence-corrected chi connectivity index (χ3v) is 2.98. The molecule has 0 aliphatic rings. The van der Waals surface area contributed by atoms with Gasteiger partial charge in [0, 0.05) is 12.3 Å². The molecule has 1 aromatic heterocycles. The van der Waals surface area contributed by atoms with Gasteiger partial charge in [0.2, 0.25) is 0 Å². The Bertz CT molecular complexity index is 582. The van der Waals surface area contributed by atoms with Crippen molar-refractivity contribution >= 4 is 24.0 Å². The maximum absolute atomic E-state index is 13.2. The Morgan fingerprint density at radius 1 is 1.39 bits per heavy atom. The lowest BCUT2D eigenvalue weighted by Gasteiger charge is -2.06. The Morgan fingerprint density at radius 3 is 2.94 bits per heavy atom. The van der Waals surface area contributed by atoms with Gasteiger partial charge in [0.05, 0.1) is 5.75 Å². The summed E-state index contributed by atoms with van der Waals surface area (Å²) in [6.07, 6.45) is 1.65. The minimum absolute atomic E-state index is 0.0996. The zero-order valence-electron chi connectivity index (χ0n) is 9.11. The summed E-state index contributed by atoms with van der Waals surface area (Å²) in [6, 6.07) is 3.08. The van der Waals surface area contributed by atoms with Gasteiger partial charge in [0.15, 0.2) is 11.6 Å². The molecule has 0 bridgehead atoms. The van der Waals surface area contributed by atoms with Crippen molar-refractivity contribution in [1.82, 2.24) is 4.98 Å². The van der Waals surface area contributed by atoms with Gasteiger partial charge in [0.1, 0.15) is 17.5 Å². The molecule has 1 heterocycles. The van der Waals surface area contributed by atoms with Crippen molar-refractivity contribution in [3.05, 3.63) is 46.6 Å². The molecule has 0 saturated heterocycles.